The predicted octanol–water partition coefficient (Wildman–Crippen LogP) is 2.68. The van der Waals surface area contributed by atoms with Gasteiger partial charge in [-0.15, -0.1) is 5.10 Å². The number of anilines is 1. The van der Waals surface area contributed by atoms with Crippen molar-refractivity contribution in [2.24, 2.45) is 0 Å². The quantitative estimate of drug-likeness (QED) is 0.881. The van der Waals surface area contributed by atoms with Gasteiger partial charge in [0, 0.05) is 12.0 Å². The Kier molecular flexibility index (Phi) is 4.06. The second-order valence-corrected chi connectivity index (χ2v) is 5.10. The molecule has 21 heavy (non-hydrogen) atoms. The van der Waals surface area contributed by atoms with Gasteiger partial charge < -0.3 is 19.8 Å². The molecule has 0 radical (unpaired) electrons. The molecule has 2 N–H and O–H groups in total. The number of nitrogens with zero attached hydrogens (tertiary/aromatic N) is 2. The normalized spacial score (nSPS) is 18.7. The number of fused-ring (bicyclic) bond motifs is 1. The Balaban J connectivity index is 1.73. The summed E-state index contributed by atoms with van der Waals surface area (Å²) < 4.78 is 11.3. The molecule has 1 aliphatic heterocycles. The van der Waals surface area contributed by atoms with E-state index in [1.54, 1.807) is 0 Å². The van der Waals surface area contributed by atoms with Gasteiger partial charge in [0.2, 0.25) is 5.89 Å². The molecule has 6 nitrogen and oxygen atoms in total. The molecular formula is C15H20N4O2. The van der Waals surface area contributed by atoms with E-state index < -0.39 is 0 Å². The molecule has 0 saturated carbocycles. The number of hydrogen-bond donors (Lipinski definition) is 2. The van der Waals surface area contributed by atoms with E-state index in [0.717, 1.165) is 24.3 Å². The topological polar surface area (TPSA) is 72.2 Å². The first-order valence-corrected chi connectivity index (χ1v) is 7.33. The monoisotopic (exact) mass is 288 g/mol. The molecule has 0 aliphatic carbocycles. The van der Waals surface area contributed by atoms with Crippen LogP contribution >= 0.6 is 0 Å². The lowest BCUT2D eigenvalue weighted by molar-refractivity contribution is 0.273. The number of hydrogen-bond acceptors (Lipinski definition) is 6. The Morgan fingerprint density at radius 2 is 2.19 bits per heavy atom. The second-order valence-electron chi connectivity index (χ2n) is 5.10. The van der Waals surface area contributed by atoms with Crippen molar-refractivity contribution in [1.82, 2.24) is 15.5 Å². The Morgan fingerprint density at radius 3 is 3.05 bits per heavy atom. The average Bonchev–Trinajstić information content (AvgIpc) is 2.97. The minimum Gasteiger partial charge on any atom is -0.493 e. The minimum atomic E-state index is 0.0556. The molecule has 0 amide bonds. The summed E-state index contributed by atoms with van der Waals surface area (Å²) in [6, 6.07) is 8.67. The highest BCUT2D eigenvalue weighted by molar-refractivity contribution is 5.41. The molecule has 2 atom stereocenters. The van der Waals surface area contributed by atoms with Gasteiger partial charge >= 0.3 is 6.01 Å². The molecule has 0 bridgehead atoms. The Morgan fingerprint density at radius 1 is 1.33 bits per heavy atom. The lowest BCUT2D eigenvalue weighted by Gasteiger charge is -2.25. The summed E-state index contributed by atoms with van der Waals surface area (Å²) in [5.41, 5.74) is 1.13. The Bertz CT molecular complexity index is 599. The molecule has 0 saturated heterocycles. The number of rotatable bonds is 5. The van der Waals surface area contributed by atoms with Crippen LogP contribution in [0.1, 0.15) is 43.8 Å². The smallest absolute Gasteiger partial charge is 0.316 e. The molecule has 3 rings (SSSR count). The first-order valence-electron chi connectivity index (χ1n) is 7.33. The second kappa shape index (κ2) is 6.13. The predicted molar refractivity (Wildman–Crippen MR) is 79.3 cm³/mol. The van der Waals surface area contributed by atoms with Crippen molar-refractivity contribution in [3.8, 4) is 5.75 Å². The van der Waals surface area contributed by atoms with Crippen LogP contribution in [-0.4, -0.2) is 23.3 Å². The van der Waals surface area contributed by atoms with Crippen LogP contribution in [0.4, 0.5) is 6.01 Å². The SMILES string of the molecule is CCNC(C)c1nnc(NC2CCOc3ccccc32)o1. The zero-order valence-corrected chi connectivity index (χ0v) is 12.3. The van der Waals surface area contributed by atoms with Crippen LogP contribution in [0.3, 0.4) is 0 Å². The summed E-state index contributed by atoms with van der Waals surface area (Å²) in [6.45, 7) is 5.60. The number of benzene rings is 1. The standard InChI is InChI=1S/C15H20N4O2/c1-3-16-10(2)14-18-19-15(21-14)17-12-8-9-20-13-7-5-4-6-11(12)13/h4-7,10,12,16H,3,8-9H2,1-2H3,(H,17,19). The van der Waals surface area contributed by atoms with Crippen molar-refractivity contribution in [1.29, 1.82) is 0 Å². The van der Waals surface area contributed by atoms with Crippen molar-refractivity contribution in [3.63, 3.8) is 0 Å². The van der Waals surface area contributed by atoms with Gasteiger partial charge in [-0.25, -0.2) is 0 Å². The van der Waals surface area contributed by atoms with Gasteiger partial charge in [0.25, 0.3) is 0 Å². The molecule has 1 aliphatic rings. The number of nitrogens with one attached hydrogen (secondary N) is 2. The maximum Gasteiger partial charge on any atom is 0.316 e. The molecule has 1 aromatic heterocycles. The summed E-state index contributed by atoms with van der Waals surface area (Å²) >= 11 is 0. The van der Waals surface area contributed by atoms with E-state index in [4.69, 9.17) is 9.15 Å². The molecule has 2 aromatic rings. The van der Waals surface area contributed by atoms with Gasteiger partial charge in [0.05, 0.1) is 18.7 Å². The van der Waals surface area contributed by atoms with Crippen LogP contribution in [0.15, 0.2) is 28.7 Å². The van der Waals surface area contributed by atoms with Crippen LogP contribution in [-0.2, 0) is 0 Å². The van der Waals surface area contributed by atoms with E-state index in [9.17, 15) is 0 Å². The fourth-order valence-electron chi connectivity index (χ4n) is 2.50. The Hall–Kier alpha value is -2.08. The maximum absolute atomic E-state index is 5.68. The zero-order valence-electron chi connectivity index (χ0n) is 12.3. The van der Waals surface area contributed by atoms with Gasteiger partial charge in [-0.1, -0.05) is 30.2 Å². The van der Waals surface area contributed by atoms with Gasteiger partial charge in [-0.3, -0.25) is 0 Å². The van der Waals surface area contributed by atoms with Crippen LogP contribution in [0.25, 0.3) is 0 Å². The van der Waals surface area contributed by atoms with Crippen molar-refractivity contribution in [2.45, 2.75) is 32.4 Å². The lowest BCUT2D eigenvalue weighted by atomic mass is 10.0. The minimum absolute atomic E-state index is 0.0556. The van der Waals surface area contributed by atoms with E-state index in [2.05, 4.69) is 26.9 Å². The average molecular weight is 288 g/mol. The van der Waals surface area contributed by atoms with Crippen molar-refractivity contribution in [2.75, 3.05) is 18.5 Å². The van der Waals surface area contributed by atoms with E-state index in [0.29, 0.717) is 18.5 Å². The third kappa shape index (κ3) is 3.00. The molecule has 2 unspecified atom stereocenters. The summed E-state index contributed by atoms with van der Waals surface area (Å²) in [5.74, 6) is 1.52. The largest absolute Gasteiger partial charge is 0.493 e. The van der Waals surface area contributed by atoms with Crippen LogP contribution < -0.4 is 15.4 Å². The Labute approximate surface area is 123 Å². The molecule has 2 heterocycles. The molecule has 112 valence electrons. The van der Waals surface area contributed by atoms with E-state index in [-0.39, 0.29) is 12.1 Å². The van der Waals surface area contributed by atoms with Crippen molar-refractivity contribution in [3.05, 3.63) is 35.7 Å². The number of ether oxygens (including phenoxy) is 1. The first-order chi connectivity index (χ1) is 10.3. The van der Waals surface area contributed by atoms with Crippen LogP contribution in [0, 0.1) is 0 Å². The summed E-state index contributed by atoms with van der Waals surface area (Å²) in [5, 5.41) is 14.7. The van der Waals surface area contributed by atoms with Gasteiger partial charge in [0.1, 0.15) is 5.75 Å². The third-order valence-electron chi connectivity index (χ3n) is 3.58. The lowest BCUT2D eigenvalue weighted by Crippen LogP contribution is -2.20. The molecular weight excluding hydrogens is 268 g/mol. The van der Waals surface area contributed by atoms with Crippen LogP contribution in [0.2, 0.25) is 0 Å². The fourth-order valence-corrected chi connectivity index (χ4v) is 2.50. The molecule has 1 aromatic carbocycles. The zero-order chi connectivity index (χ0) is 14.7. The van der Waals surface area contributed by atoms with Gasteiger partial charge in [-0.05, 0) is 19.5 Å². The van der Waals surface area contributed by atoms with Crippen LogP contribution in [0.5, 0.6) is 5.75 Å². The molecule has 6 heteroatoms. The summed E-state index contributed by atoms with van der Waals surface area (Å²) in [4.78, 5) is 0. The maximum atomic E-state index is 5.68. The highest BCUT2D eigenvalue weighted by Crippen LogP contribution is 2.33. The summed E-state index contributed by atoms with van der Waals surface area (Å²) in [7, 11) is 0. The van der Waals surface area contributed by atoms with E-state index >= 15 is 0 Å². The van der Waals surface area contributed by atoms with Gasteiger partial charge in [0.15, 0.2) is 0 Å². The molecule has 0 spiro atoms. The highest BCUT2D eigenvalue weighted by Gasteiger charge is 2.23. The molecule has 0 fully saturated rings. The first kappa shape index (κ1) is 13.9. The number of para-hydroxylation sites is 1. The third-order valence-corrected chi connectivity index (χ3v) is 3.58. The van der Waals surface area contributed by atoms with Gasteiger partial charge in [-0.2, -0.15) is 0 Å². The van der Waals surface area contributed by atoms with E-state index in [1.165, 1.54) is 0 Å². The van der Waals surface area contributed by atoms with Crippen molar-refractivity contribution < 1.29 is 9.15 Å². The van der Waals surface area contributed by atoms with E-state index in [1.807, 2.05) is 32.0 Å². The van der Waals surface area contributed by atoms with Crippen molar-refractivity contribution >= 4 is 6.01 Å². The fraction of sp³-hybridized carbons (Fsp3) is 0.467. The highest BCUT2D eigenvalue weighted by atomic mass is 16.5. The number of aromatic nitrogens is 2. The summed E-state index contributed by atoms with van der Waals surface area (Å²) in [6.07, 6.45) is 0.873.